The largest absolute Gasteiger partial charge is 0.366 e. The summed E-state index contributed by atoms with van der Waals surface area (Å²) in [5, 5.41) is 6.63. The molecule has 9 heteroatoms. The van der Waals surface area contributed by atoms with Gasteiger partial charge >= 0.3 is 0 Å². The number of anilines is 2. The predicted molar refractivity (Wildman–Crippen MR) is 169 cm³/mol. The van der Waals surface area contributed by atoms with Crippen LogP contribution in [0, 0.1) is 5.41 Å². The molecular formula is C33H40N8O. The molecule has 0 bridgehead atoms. The monoisotopic (exact) mass is 564 g/mol. The minimum Gasteiger partial charge on any atom is -0.366 e. The molecule has 4 aromatic rings. The van der Waals surface area contributed by atoms with Crippen LogP contribution in [-0.2, 0) is 11.3 Å². The molecule has 1 atom stereocenters. The van der Waals surface area contributed by atoms with Gasteiger partial charge in [0.05, 0.1) is 35.5 Å². The van der Waals surface area contributed by atoms with Crippen molar-refractivity contribution in [3.63, 3.8) is 0 Å². The normalized spacial score (nSPS) is 18.0. The quantitative estimate of drug-likeness (QED) is 0.311. The lowest BCUT2D eigenvalue weighted by Gasteiger charge is -2.33. The molecule has 1 unspecified atom stereocenters. The number of amides is 1. The van der Waals surface area contributed by atoms with E-state index in [1.807, 2.05) is 24.7 Å². The third-order valence-corrected chi connectivity index (χ3v) is 7.95. The molecule has 3 aromatic heterocycles. The van der Waals surface area contributed by atoms with Crippen LogP contribution in [0.1, 0.15) is 51.1 Å². The maximum atomic E-state index is 12.6. The molecule has 3 N–H and O–H groups in total. The number of carbonyl (C=O) groups is 1. The number of nitrogens with zero attached hydrogens (tertiary/aromatic N) is 5. The number of nitrogens with one attached hydrogen (secondary N) is 3. The first-order valence-corrected chi connectivity index (χ1v) is 14.7. The van der Waals surface area contributed by atoms with Crippen molar-refractivity contribution in [3.05, 3.63) is 72.1 Å². The molecule has 218 valence electrons. The molecule has 0 saturated carbocycles. The minimum absolute atomic E-state index is 0.0102. The second kappa shape index (κ2) is 11.3. The number of imidazole rings is 1. The van der Waals surface area contributed by atoms with Crippen LogP contribution in [0.4, 0.5) is 11.4 Å². The predicted octanol–water partition coefficient (Wildman–Crippen LogP) is 5.07. The fourth-order valence-electron chi connectivity index (χ4n) is 5.72. The van der Waals surface area contributed by atoms with Gasteiger partial charge in [0.2, 0.25) is 5.91 Å². The zero-order chi connectivity index (χ0) is 29.4. The SMILES string of the molecule is CC1C=C(c2nc3c(N4CCN(C)CC4)cncc3[nH]2)c2cc(-c3cncc(NC(=O)CC(C)(C)C)c3)ccc2CN1. The summed E-state index contributed by atoms with van der Waals surface area (Å²) in [6.45, 7) is 13.1. The number of hydrogen-bond donors (Lipinski definition) is 3. The van der Waals surface area contributed by atoms with E-state index in [2.05, 4.69) is 94.4 Å². The highest BCUT2D eigenvalue weighted by molar-refractivity contribution is 5.93. The van der Waals surface area contributed by atoms with E-state index in [-0.39, 0.29) is 17.4 Å². The first-order valence-electron chi connectivity index (χ1n) is 14.7. The van der Waals surface area contributed by atoms with Crippen molar-refractivity contribution in [1.29, 1.82) is 0 Å². The molecule has 42 heavy (non-hydrogen) atoms. The second-order valence-corrected chi connectivity index (χ2v) is 12.8. The van der Waals surface area contributed by atoms with Gasteiger partial charge in [-0.05, 0) is 48.2 Å². The molecule has 0 aliphatic carbocycles. The third kappa shape index (κ3) is 6.07. The molecular weight excluding hydrogens is 524 g/mol. The van der Waals surface area contributed by atoms with Crippen LogP contribution in [0.2, 0.25) is 0 Å². The van der Waals surface area contributed by atoms with Crippen molar-refractivity contribution >= 4 is 33.9 Å². The van der Waals surface area contributed by atoms with E-state index in [1.54, 1.807) is 6.20 Å². The Hall–Kier alpha value is -4.08. The van der Waals surface area contributed by atoms with Crippen molar-refractivity contribution in [2.75, 3.05) is 43.4 Å². The Morgan fingerprint density at radius 2 is 1.81 bits per heavy atom. The number of benzene rings is 1. The van der Waals surface area contributed by atoms with Gasteiger partial charge in [-0.3, -0.25) is 14.8 Å². The van der Waals surface area contributed by atoms with Gasteiger partial charge in [-0.15, -0.1) is 0 Å². The summed E-state index contributed by atoms with van der Waals surface area (Å²) >= 11 is 0. The molecule has 1 amide bonds. The average Bonchev–Trinajstić information content (AvgIpc) is 3.31. The van der Waals surface area contributed by atoms with Gasteiger partial charge in [0.25, 0.3) is 0 Å². The van der Waals surface area contributed by atoms with Gasteiger partial charge in [0.15, 0.2) is 0 Å². The van der Waals surface area contributed by atoms with E-state index in [0.717, 1.165) is 77.5 Å². The number of H-pyrrole nitrogens is 1. The minimum atomic E-state index is -0.0853. The van der Waals surface area contributed by atoms with Crippen LogP contribution in [0.25, 0.3) is 27.7 Å². The first-order chi connectivity index (χ1) is 20.1. The molecule has 5 heterocycles. The summed E-state index contributed by atoms with van der Waals surface area (Å²) in [4.78, 5) is 35.1. The zero-order valence-corrected chi connectivity index (χ0v) is 25.2. The Kier molecular flexibility index (Phi) is 7.55. The summed E-state index contributed by atoms with van der Waals surface area (Å²) in [7, 11) is 2.16. The summed E-state index contributed by atoms with van der Waals surface area (Å²) in [5.41, 5.74) is 8.95. The highest BCUT2D eigenvalue weighted by atomic mass is 16.1. The van der Waals surface area contributed by atoms with Crippen molar-refractivity contribution in [2.24, 2.45) is 5.41 Å². The van der Waals surface area contributed by atoms with Crippen molar-refractivity contribution < 1.29 is 4.79 Å². The molecule has 0 radical (unpaired) electrons. The van der Waals surface area contributed by atoms with Gasteiger partial charge in [0, 0.05) is 62.5 Å². The summed E-state index contributed by atoms with van der Waals surface area (Å²) < 4.78 is 0. The first kappa shape index (κ1) is 28.1. The van der Waals surface area contributed by atoms with Crippen LogP contribution >= 0.6 is 0 Å². The standard InChI is InChI=1S/C33H40N8O/c1-21-12-27(32-38-28-19-35-20-29(31(28)39-32)41-10-8-40(5)9-11-41)26-14-22(6-7-23(26)17-36-21)24-13-25(18-34-16-24)37-30(42)15-33(2,3)4/h6-7,12-14,16,18-21,36H,8-11,15,17H2,1-5H3,(H,37,42)(H,38,39). The van der Waals surface area contributed by atoms with Gasteiger partial charge in [-0.2, -0.15) is 0 Å². The lowest BCUT2D eigenvalue weighted by Crippen LogP contribution is -2.44. The summed E-state index contributed by atoms with van der Waals surface area (Å²) in [6, 6.07) is 8.67. The number of hydrogen-bond acceptors (Lipinski definition) is 7. The molecule has 2 aliphatic rings. The second-order valence-electron chi connectivity index (χ2n) is 12.8. The topological polar surface area (TPSA) is 102 Å². The van der Waals surface area contributed by atoms with Gasteiger partial charge in [-0.25, -0.2) is 4.98 Å². The lowest BCUT2D eigenvalue weighted by molar-refractivity contribution is -0.117. The molecule has 0 spiro atoms. The van der Waals surface area contributed by atoms with E-state index in [9.17, 15) is 4.79 Å². The van der Waals surface area contributed by atoms with Crippen molar-refractivity contribution in [3.8, 4) is 11.1 Å². The zero-order valence-electron chi connectivity index (χ0n) is 25.2. The number of rotatable bonds is 5. The van der Waals surface area contributed by atoms with E-state index >= 15 is 0 Å². The van der Waals surface area contributed by atoms with Crippen LogP contribution < -0.4 is 15.5 Å². The number of aromatic nitrogens is 4. The third-order valence-electron chi connectivity index (χ3n) is 7.95. The number of likely N-dealkylation sites (N-methyl/N-ethyl adjacent to an activating group) is 1. The fraction of sp³-hybridized carbons (Fsp3) is 0.394. The number of pyridine rings is 2. The van der Waals surface area contributed by atoms with E-state index < -0.39 is 0 Å². The molecule has 6 rings (SSSR count). The Bertz CT molecular complexity index is 1640. The lowest BCUT2D eigenvalue weighted by atomic mass is 9.92. The van der Waals surface area contributed by atoms with Crippen molar-refractivity contribution in [2.45, 2.75) is 46.7 Å². The van der Waals surface area contributed by atoms with Crippen LogP contribution in [0.15, 0.2) is 55.1 Å². The maximum absolute atomic E-state index is 12.6. The van der Waals surface area contributed by atoms with E-state index in [4.69, 9.17) is 4.98 Å². The number of carbonyl (C=O) groups excluding carboxylic acids is 1. The Labute approximate surface area is 247 Å². The van der Waals surface area contributed by atoms with Crippen molar-refractivity contribution in [1.82, 2.24) is 30.2 Å². The van der Waals surface area contributed by atoms with Gasteiger partial charge < -0.3 is 25.4 Å². The molecule has 1 aromatic carbocycles. The fourth-order valence-corrected chi connectivity index (χ4v) is 5.72. The maximum Gasteiger partial charge on any atom is 0.224 e. The van der Waals surface area contributed by atoms with E-state index in [1.165, 1.54) is 5.56 Å². The average molecular weight is 565 g/mol. The molecule has 1 fully saturated rings. The van der Waals surface area contributed by atoms with E-state index in [0.29, 0.717) is 12.1 Å². The smallest absolute Gasteiger partial charge is 0.224 e. The van der Waals surface area contributed by atoms with Gasteiger partial charge in [-0.1, -0.05) is 39.0 Å². The summed E-state index contributed by atoms with van der Waals surface area (Å²) in [5.74, 6) is 0.827. The molecule has 2 aliphatic heterocycles. The Balaban J connectivity index is 1.36. The molecule has 9 nitrogen and oxygen atoms in total. The highest BCUT2D eigenvalue weighted by Crippen LogP contribution is 2.34. The number of fused-ring (bicyclic) bond motifs is 2. The highest BCUT2D eigenvalue weighted by Gasteiger charge is 2.23. The number of piperazine rings is 1. The van der Waals surface area contributed by atoms with Crippen LogP contribution in [0.3, 0.4) is 0 Å². The summed E-state index contributed by atoms with van der Waals surface area (Å²) in [6.07, 6.45) is 10.0. The van der Waals surface area contributed by atoms with Crippen LogP contribution in [0.5, 0.6) is 0 Å². The van der Waals surface area contributed by atoms with Crippen LogP contribution in [-0.4, -0.2) is 70.0 Å². The number of aromatic amines is 1. The Morgan fingerprint density at radius 3 is 2.60 bits per heavy atom. The Morgan fingerprint density at radius 1 is 1.02 bits per heavy atom. The molecule has 1 saturated heterocycles. The van der Waals surface area contributed by atoms with Gasteiger partial charge in [0.1, 0.15) is 11.3 Å².